The summed E-state index contributed by atoms with van der Waals surface area (Å²) in [5.74, 6) is 0.573. The number of rotatable bonds is 4. The number of thioether (sulfide) groups is 2. The van der Waals surface area contributed by atoms with E-state index < -0.39 is 11.7 Å². The lowest BCUT2D eigenvalue weighted by molar-refractivity contribution is -0.137. The van der Waals surface area contributed by atoms with E-state index in [4.69, 9.17) is 11.6 Å². The highest BCUT2D eigenvalue weighted by Crippen LogP contribution is 2.33. The lowest BCUT2D eigenvalue weighted by Crippen LogP contribution is -2.07. The van der Waals surface area contributed by atoms with E-state index in [-0.39, 0.29) is 10.7 Å². The van der Waals surface area contributed by atoms with Crippen molar-refractivity contribution >= 4 is 40.8 Å². The van der Waals surface area contributed by atoms with E-state index in [1.54, 1.807) is 11.8 Å². The second-order valence-electron chi connectivity index (χ2n) is 4.89. The highest BCUT2D eigenvalue weighted by molar-refractivity contribution is 7.98. The van der Waals surface area contributed by atoms with Crippen molar-refractivity contribution in [2.45, 2.75) is 22.0 Å². The summed E-state index contributed by atoms with van der Waals surface area (Å²) in [6.45, 7) is 0. The SMILES string of the molecule is CSc1ccc(CSc2nnc3c(Cl)cc(C(F)(F)F)cn23)cc1. The summed E-state index contributed by atoms with van der Waals surface area (Å²) in [5.41, 5.74) is 0.434. The molecule has 2 heterocycles. The summed E-state index contributed by atoms with van der Waals surface area (Å²) in [7, 11) is 0. The molecule has 3 nitrogen and oxygen atoms in total. The van der Waals surface area contributed by atoms with Crippen LogP contribution >= 0.6 is 35.1 Å². The van der Waals surface area contributed by atoms with Crippen LogP contribution in [0, 0.1) is 0 Å². The predicted octanol–water partition coefficient (Wildman–Crippen LogP) is 5.42. The summed E-state index contributed by atoms with van der Waals surface area (Å²) in [6, 6.07) is 8.83. The average Bonchev–Trinajstić information content (AvgIpc) is 2.96. The van der Waals surface area contributed by atoms with Crippen LogP contribution in [0.3, 0.4) is 0 Å². The van der Waals surface area contributed by atoms with E-state index in [1.807, 2.05) is 30.5 Å². The van der Waals surface area contributed by atoms with Gasteiger partial charge in [-0.3, -0.25) is 4.40 Å². The fourth-order valence-electron chi connectivity index (χ4n) is 2.06. The lowest BCUT2D eigenvalue weighted by Gasteiger charge is -2.08. The van der Waals surface area contributed by atoms with Gasteiger partial charge in [-0.15, -0.1) is 22.0 Å². The summed E-state index contributed by atoms with van der Waals surface area (Å²) >= 11 is 8.85. The van der Waals surface area contributed by atoms with Gasteiger partial charge in [-0.1, -0.05) is 35.5 Å². The minimum Gasteiger partial charge on any atom is -0.276 e. The topological polar surface area (TPSA) is 30.2 Å². The first-order valence-electron chi connectivity index (χ1n) is 6.75. The molecule has 0 atom stereocenters. The number of pyridine rings is 1. The molecule has 126 valence electrons. The number of benzene rings is 1. The van der Waals surface area contributed by atoms with Gasteiger partial charge in [-0.05, 0) is 30.0 Å². The van der Waals surface area contributed by atoms with E-state index in [0.29, 0.717) is 10.9 Å². The molecule has 0 saturated carbocycles. The Morgan fingerprint density at radius 2 is 1.88 bits per heavy atom. The Bertz CT molecular complexity index is 863. The maximum absolute atomic E-state index is 12.9. The van der Waals surface area contributed by atoms with Gasteiger partial charge in [0.2, 0.25) is 0 Å². The van der Waals surface area contributed by atoms with Crippen LogP contribution in [0.25, 0.3) is 5.65 Å². The van der Waals surface area contributed by atoms with Gasteiger partial charge < -0.3 is 0 Å². The van der Waals surface area contributed by atoms with Crippen molar-refractivity contribution in [1.82, 2.24) is 14.6 Å². The Morgan fingerprint density at radius 1 is 1.17 bits per heavy atom. The van der Waals surface area contributed by atoms with Crippen LogP contribution in [-0.4, -0.2) is 20.9 Å². The van der Waals surface area contributed by atoms with Crippen molar-refractivity contribution in [3.05, 3.63) is 52.7 Å². The summed E-state index contributed by atoms with van der Waals surface area (Å²) < 4.78 is 40.1. The Labute approximate surface area is 149 Å². The molecular weight excluding hydrogens is 379 g/mol. The summed E-state index contributed by atoms with van der Waals surface area (Å²) in [6.07, 6.45) is -1.51. The Balaban J connectivity index is 1.87. The second-order valence-corrected chi connectivity index (χ2v) is 7.12. The molecule has 0 saturated heterocycles. The quantitative estimate of drug-likeness (QED) is 0.558. The molecule has 0 fully saturated rings. The van der Waals surface area contributed by atoms with E-state index in [1.165, 1.54) is 16.2 Å². The molecule has 0 aliphatic carbocycles. The normalized spacial score (nSPS) is 12.0. The maximum Gasteiger partial charge on any atom is 0.417 e. The third-order valence-electron chi connectivity index (χ3n) is 3.28. The Hall–Kier alpha value is -1.38. The monoisotopic (exact) mass is 389 g/mol. The van der Waals surface area contributed by atoms with Gasteiger partial charge in [0.15, 0.2) is 10.8 Å². The van der Waals surface area contributed by atoms with Crippen LogP contribution in [0.15, 0.2) is 46.6 Å². The third kappa shape index (κ3) is 3.65. The number of nitrogens with zero attached hydrogens (tertiary/aromatic N) is 3. The molecule has 0 radical (unpaired) electrons. The van der Waals surface area contributed by atoms with E-state index in [9.17, 15) is 13.2 Å². The first-order chi connectivity index (χ1) is 11.4. The Morgan fingerprint density at radius 3 is 2.50 bits per heavy atom. The fraction of sp³-hybridized carbons (Fsp3) is 0.200. The molecule has 0 aliphatic heterocycles. The van der Waals surface area contributed by atoms with E-state index in [2.05, 4.69) is 10.2 Å². The van der Waals surface area contributed by atoms with Gasteiger partial charge in [0, 0.05) is 16.8 Å². The number of fused-ring (bicyclic) bond motifs is 1. The molecule has 9 heteroatoms. The van der Waals surface area contributed by atoms with Gasteiger partial charge >= 0.3 is 6.18 Å². The number of hydrogen-bond acceptors (Lipinski definition) is 4. The zero-order valence-corrected chi connectivity index (χ0v) is 14.7. The van der Waals surface area contributed by atoms with Crippen LogP contribution in [0.4, 0.5) is 13.2 Å². The van der Waals surface area contributed by atoms with Crippen LogP contribution in [0.5, 0.6) is 0 Å². The molecule has 3 aromatic rings. The highest BCUT2D eigenvalue weighted by Gasteiger charge is 2.32. The fourth-order valence-corrected chi connectivity index (χ4v) is 3.58. The van der Waals surface area contributed by atoms with Gasteiger partial charge in [0.1, 0.15) is 0 Å². The number of halogens is 4. The lowest BCUT2D eigenvalue weighted by atomic mass is 10.2. The molecule has 24 heavy (non-hydrogen) atoms. The Kier molecular flexibility index (Phi) is 4.98. The molecule has 0 aliphatic rings. The number of hydrogen-bond donors (Lipinski definition) is 0. The first kappa shape index (κ1) is 17.4. The zero-order chi connectivity index (χ0) is 17.3. The van der Waals surface area contributed by atoms with Crippen molar-refractivity contribution in [2.75, 3.05) is 6.26 Å². The van der Waals surface area contributed by atoms with Gasteiger partial charge in [-0.2, -0.15) is 13.2 Å². The van der Waals surface area contributed by atoms with Crippen molar-refractivity contribution in [2.24, 2.45) is 0 Å². The smallest absolute Gasteiger partial charge is 0.276 e. The molecule has 1 aromatic carbocycles. The summed E-state index contributed by atoms with van der Waals surface area (Å²) in [5, 5.41) is 8.11. The van der Waals surface area contributed by atoms with E-state index in [0.717, 1.165) is 22.7 Å². The standard InChI is InChI=1S/C15H11ClF3N3S2/c1-23-11-4-2-9(3-5-11)8-24-14-21-20-13-12(16)6-10(7-22(13)14)15(17,18)19/h2-7H,8H2,1H3. The third-order valence-corrected chi connectivity index (χ3v) is 5.32. The largest absolute Gasteiger partial charge is 0.417 e. The average molecular weight is 390 g/mol. The van der Waals surface area contributed by atoms with Crippen LogP contribution in [0.2, 0.25) is 5.02 Å². The van der Waals surface area contributed by atoms with Gasteiger partial charge in [0.05, 0.1) is 10.6 Å². The van der Waals surface area contributed by atoms with Crippen molar-refractivity contribution in [1.29, 1.82) is 0 Å². The molecule has 0 N–H and O–H groups in total. The van der Waals surface area contributed by atoms with Crippen LogP contribution in [0.1, 0.15) is 11.1 Å². The van der Waals surface area contributed by atoms with Crippen LogP contribution < -0.4 is 0 Å². The van der Waals surface area contributed by atoms with Crippen molar-refractivity contribution < 1.29 is 13.2 Å². The molecule has 0 bridgehead atoms. The second kappa shape index (κ2) is 6.85. The first-order valence-corrected chi connectivity index (χ1v) is 9.34. The van der Waals surface area contributed by atoms with Crippen molar-refractivity contribution in [3.8, 4) is 0 Å². The molecule has 0 spiro atoms. The maximum atomic E-state index is 12.9. The molecule has 2 aromatic heterocycles. The molecule has 0 amide bonds. The van der Waals surface area contributed by atoms with Gasteiger partial charge in [0.25, 0.3) is 0 Å². The van der Waals surface area contributed by atoms with Gasteiger partial charge in [-0.25, -0.2) is 0 Å². The minimum atomic E-state index is -4.47. The highest BCUT2D eigenvalue weighted by atomic mass is 35.5. The minimum absolute atomic E-state index is 0.0755. The number of aromatic nitrogens is 3. The molecule has 3 rings (SSSR count). The summed E-state index contributed by atoms with van der Waals surface area (Å²) in [4.78, 5) is 1.15. The zero-order valence-electron chi connectivity index (χ0n) is 12.3. The van der Waals surface area contributed by atoms with Crippen LogP contribution in [-0.2, 0) is 11.9 Å². The predicted molar refractivity (Wildman–Crippen MR) is 90.8 cm³/mol. The number of alkyl halides is 3. The molecule has 0 unspecified atom stereocenters. The molecular formula is C15H11ClF3N3S2. The van der Waals surface area contributed by atoms with Crippen molar-refractivity contribution in [3.63, 3.8) is 0 Å². The van der Waals surface area contributed by atoms with E-state index >= 15 is 0 Å².